The predicted octanol–water partition coefficient (Wildman–Crippen LogP) is 2.76. The Hall–Kier alpha value is -2.85. The average Bonchev–Trinajstić information content (AvgIpc) is 3.26. The molecule has 0 bridgehead atoms. The monoisotopic (exact) mass is 456 g/mol. The second kappa shape index (κ2) is 8.59. The Balaban J connectivity index is 1.41. The van der Waals surface area contributed by atoms with E-state index in [2.05, 4.69) is 32.4 Å². The van der Waals surface area contributed by atoms with Crippen LogP contribution in [0.15, 0.2) is 18.3 Å². The van der Waals surface area contributed by atoms with E-state index >= 15 is 0 Å². The highest BCUT2D eigenvalue weighted by molar-refractivity contribution is 7.15. The zero-order valence-corrected chi connectivity index (χ0v) is 19.6. The predicted molar refractivity (Wildman–Crippen MR) is 121 cm³/mol. The van der Waals surface area contributed by atoms with Gasteiger partial charge in [-0.15, -0.1) is 11.3 Å². The first-order chi connectivity index (χ1) is 15.2. The highest BCUT2D eigenvalue weighted by Crippen LogP contribution is 2.35. The first-order valence-electron chi connectivity index (χ1n) is 10.7. The molecule has 1 unspecified atom stereocenters. The molecule has 170 valence electrons. The standard InChI is InChI=1S/C22H28N6O3S/c1-13-9-17(10-14(2)24-13)12-28-19(30)22(26-21(28)31)5-7-27(8-6-22)15(3)18-11-23-20(32-18)25-16(4)29/h9-11,15H,5-8,12H2,1-4H3,(H,26,31)(H,23,25,29). The lowest BCUT2D eigenvalue weighted by Gasteiger charge is -2.39. The molecule has 2 saturated heterocycles. The van der Waals surface area contributed by atoms with Gasteiger partial charge in [-0.1, -0.05) is 0 Å². The highest BCUT2D eigenvalue weighted by Gasteiger charge is 2.52. The number of hydrogen-bond acceptors (Lipinski definition) is 7. The minimum Gasteiger partial charge on any atom is -0.323 e. The molecule has 0 radical (unpaired) electrons. The minimum atomic E-state index is -0.834. The normalized spacial score (nSPS) is 19.3. The summed E-state index contributed by atoms with van der Waals surface area (Å²) in [5, 5.41) is 6.28. The molecule has 1 atom stereocenters. The van der Waals surface area contributed by atoms with E-state index in [0.717, 1.165) is 21.8 Å². The van der Waals surface area contributed by atoms with Gasteiger partial charge in [0.15, 0.2) is 5.13 Å². The number of carbonyl (C=O) groups excluding carboxylic acids is 3. The fraction of sp³-hybridized carbons (Fsp3) is 0.500. The Morgan fingerprint density at radius 3 is 2.53 bits per heavy atom. The largest absolute Gasteiger partial charge is 0.325 e. The van der Waals surface area contributed by atoms with Crippen LogP contribution in [-0.4, -0.2) is 56.2 Å². The van der Waals surface area contributed by atoms with Gasteiger partial charge < -0.3 is 10.6 Å². The lowest BCUT2D eigenvalue weighted by molar-refractivity contribution is -0.133. The molecule has 2 aliphatic heterocycles. The van der Waals surface area contributed by atoms with Crippen molar-refractivity contribution in [3.63, 3.8) is 0 Å². The summed E-state index contributed by atoms with van der Waals surface area (Å²) < 4.78 is 0. The summed E-state index contributed by atoms with van der Waals surface area (Å²) >= 11 is 1.46. The molecule has 1 spiro atoms. The third kappa shape index (κ3) is 4.37. The van der Waals surface area contributed by atoms with E-state index in [1.807, 2.05) is 26.0 Å². The molecule has 2 fully saturated rings. The number of aromatic nitrogens is 2. The molecule has 10 heteroatoms. The zero-order valence-electron chi connectivity index (χ0n) is 18.8. The van der Waals surface area contributed by atoms with E-state index in [9.17, 15) is 14.4 Å². The number of urea groups is 1. The molecule has 0 saturated carbocycles. The van der Waals surface area contributed by atoms with Gasteiger partial charge in [0.05, 0.1) is 6.54 Å². The van der Waals surface area contributed by atoms with Crippen molar-refractivity contribution in [1.82, 2.24) is 25.1 Å². The van der Waals surface area contributed by atoms with Crippen molar-refractivity contribution >= 4 is 34.3 Å². The summed E-state index contributed by atoms with van der Waals surface area (Å²) in [5.41, 5.74) is 1.81. The minimum absolute atomic E-state index is 0.110. The van der Waals surface area contributed by atoms with Gasteiger partial charge in [0.2, 0.25) is 5.91 Å². The van der Waals surface area contributed by atoms with Crippen LogP contribution in [0.4, 0.5) is 9.93 Å². The summed E-state index contributed by atoms with van der Waals surface area (Å²) in [6.07, 6.45) is 2.91. The number of imide groups is 1. The number of rotatable bonds is 5. The van der Waals surface area contributed by atoms with Gasteiger partial charge in [0.1, 0.15) is 5.54 Å². The second-order valence-corrected chi connectivity index (χ2v) is 9.68. The molecular weight excluding hydrogens is 428 g/mol. The first-order valence-corrected chi connectivity index (χ1v) is 11.5. The highest BCUT2D eigenvalue weighted by atomic mass is 32.1. The third-order valence-corrected chi connectivity index (χ3v) is 7.23. The van der Waals surface area contributed by atoms with Gasteiger partial charge in [-0.2, -0.15) is 0 Å². The van der Waals surface area contributed by atoms with E-state index in [-0.39, 0.29) is 30.4 Å². The number of anilines is 1. The van der Waals surface area contributed by atoms with Crippen molar-refractivity contribution in [2.75, 3.05) is 18.4 Å². The number of thiazole rings is 1. The fourth-order valence-electron chi connectivity index (χ4n) is 4.51. The maximum absolute atomic E-state index is 13.3. The number of nitrogens with one attached hydrogen (secondary N) is 2. The number of aryl methyl sites for hydroxylation is 2. The summed E-state index contributed by atoms with van der Waals surface area (Å²) in [7, 11) is 0. The second-order valence-electron chi connectivity index (χ2n) is 8.62. The number of piperidine rings is 1. The Labute approximate surface area is 191 Å². The Kier molecular flexibility index (Phi) is 6.00. The van der Waals surface area contributed by atoms with Crippen LogP contribution in [0.1, 0.15) is 54.6 Å². The van der Waals surface area contributed by atoms with E-state index in [1.54, 1.807) is 6.20 Å². The smallest absolute Gasteiger partial charge is 0.323 e. The van der Waals surface area contributed by atoms with Gasteiger partial charge in [0, 0.05) is 48.5 Å². The van der Waals surface area contributed by atoms with Gasteiger partial charge in [-0.3, -0.25) is 24.4 Å². The van der Waals surface area contributed by atoms with E-state index in [4.69, 9.17) is 0 Å². The Morgan fingerprint density at radius 1 is 1.25 bits per heavy atom. The van der Waals surface area contributed by atoms with E-state index in [0.29, 0.717) is 31.1 Å². The maximum Gasteiger partial charge on any atom is 0.325 e. The SMILES string of the molecule is CC(=O)Nc1ncc(C(C)N2CCC3(CC2)NC(=O)N(Cc2cc(C)nc(C)c2)C3=O)s1. The molecule has 2 aromatic heterocycles. The topological polar surface area (TPSA) is 108 Å². The first kappa shape index (κ1) is 22.3. The number of nitrogens with zero attached hydrogens (tertiary/aromatic N) is 4. The van der Waals surface area contributed by atoms with Crippen LogP contribution < -0.4 is 10.6 Å². The van der Waals surface area contributed by atoms with Crippen LogP contribution in [0.25, 0.3) is 0 Å². The van der Waals surface area contributed by atoms with Crippen molar-refractivity contribution in [2.24, 2.45) is 0 Å². The van der Waals surface area contributed by atoms with Crippen LogP contribution in [-0.2, 0) is 16.1 Å². The molecule has 4 heterocycles. The molecule has 0 aromatic carbocycles. The summed E-state index contributed by atoms with van der Waals surface area (Å²) in [5.74, 6) is -0.289. The van der Waals surface area contributed by atoms with Gasteiger partial charge >= 0.3 is 6.03 Å². The van der Waals surface area contributed by atoms with Crippen LogP contribution in [0, 0.1) is 13.8 Å². The molecule has 2 N–H and O–H groups in total. The third-order valence-electron chi connectivity index (χ3n) is 6.15. The average molecular weight is 457 g/mol. The fourth-order valence-corrected chi connectivity index (χ4v) is 5.46. The van der Waals surface area contributed by atoms with Crippen molar-refractivity contribution in [3.8, 4) is 0 Å². The van der Waals surface area contributed by atoms with Crippen molar-refractivity contribution in [1.29, 1.82) is 0 Å². The zero-order chi connectivity index (χ0) is 23.0. The Bertz CT molecular complexity index is 1040. The van der Waals surface area contributed by atoms with Crippen LogP contribution >= 0.6 is 11.3 Å². The maximum atomic E-state index is 13.3. The number of carbonyl (C=O) groups is 3. The molecule has 4 amide bonds. The van der Waals surface area contributed by atoms with Gasteiger partial charge in [-0.25, -0.2) is 9.78 Å². The lowest BCUT2D eigenvalue weighted by atomic mass is 9.87. The molecule has 2 aliphatic rings. The molecule has 2 aromatic rings. The number of amides is 4. The van der Waals surface area contributed by atoms with E-state index in [1.165, 1.54) is 23.2 Å². The van der Waals surface area contributed by atoms with Crippen LogP contribution in [0.5, 0.6) is 0 Å². The Morgan fingerprint density at radius 2 is 1.91 bits per heavy atom. The summed E-state index contributed by atoms with van der Waals surface area (Å²) in [4.78, 5) is 50.5. The van der Waals surface area contributed by atoms with Crippen molar-refractivity contribution < 1.29 is 14.4 Å². The number of pyridine rings is 1. The van der Waals surface area contributed by atoms with Gasteiger partial charge in [-0.05, 0) is 51.3 Å². The van der Waals surface area contributed by atoms with E-state index < -0.39 is 5.54 Å². The molecule has 4 rings (SSSR count). The molecular formula is C22H28N6O3S. The lowest BCUT2D eigenvalue weighted by Crippen LogP contribution is -2.55. The van der Waals surface area contributed by atoms with Crippen LogP contribution in [0.3, 0.4) is 0 Å². The quantitative estimate of drug-likeness (QED) is 0.670. The molecule has 9 nitrogen and oxygen atoms in total. The van der Waals surface area contributed by atoms with Crippen molar-refractivity contribution in [2.45, 2.75) is 58.7 Å². The van der Waals surface area contributed by atoms with Gasteiger partial charge in [0.25, 0.3) is 5.91 Å². The summed E-state index contributed by atoms with van der Waals surface area (Å²) in [6.45, 7) is 8.99. The van der Waals surface area contributed by atoms with Crippen molar-refractivity contribution in [3.05, 3.63) is 40.2 Å². The molecule has 32 heavy (non-hydrogen) atoms. The summed E-state index contributed by atoms with van der Waals surface area (Å²) in [6, 6.07) is 3.60. The molecule has 0 aliphatic carbocycles. The van der Waals surface area contributed by atoms with Crippen LogP contribution in [0.2, 0.25) is 0 Å². The number of likely N-dealkylation sites (tertiary alicyclic amines) is 1. The number of hydrogen-bond donors (Lipinski definition) is 2.